The van der Waals surface area contributed by atoms with E-state index in [4.69, 9.17) is 5.26 Å². The smallest absolute Gasteiger partial charge is 0.132 e. The molecule has 0 saturated heterocycles. The minimum Gasteiger partial charge on any atom is -0.300 e. The fourth-order valence-electron chi connectivity index (χ4n) is 1.33. The van der Waals surface area contributed by atoms with Crippen LogP contribution in [0.15, 0.2) is 0 Å². The van der Waals surface area contributed by atoms with E-state index in [0.29, 0.717) is 31.0 Å². The van der Waals surface area contributed by atoms with Crippen LogP contribution in [0.4, 0.5) is 0 Å². The Balaban J connectivity index is 2.27. The van der Waals surface area contributed by atoms with Gasteiger partial charge in [-0.3, -0.25) is 4.79 Å². The number of Topliss-reactive ketones (excluding diaryl/α,β-unsaturated/α-hetero) is 1. The van der Waals surface area contributed by atoms with E-state index in [-0.39, 0.29) is 0 Å². The summed E-state index contributed by atoms with van der Waals surface area (Å²) in [6.07, 6.45) is 3.91. The van der Waals surface area contributed by atoms with Crippen LogP contribution < -0.4 is 0 Å². The summed E-state index contributed by atoms with van der Waals surface area (Å²) < 4.78 is 0. The molecule has 1 aliphatic carbocycles. The quantitative estimate of drug-likeness (QED) is 0.551. The SMILES string of the molecule is N#CCC1CCC(=O)CC1. The Bertz CT molecular complexity index is 159. The van der Waals surface area contributed by atoms with Gasteiger partial charge in [-0.05, 0) is 18.8 Å². The minimum atomic E-state index is 0.370. The zero-order chi connectivity index (χ0) is 7.40. The zero-order valence-electron chi connectivity index (χ0n) is 5.97. The van der Waals surface area contributed by atoms with Gasteiger partial charge >= 0.3 is 0 Å². The highest BCUT2D eigenvalue weighted by atomic mass is 16.1. The topological polar surface area (TPSA) is 40.9 Å². The van der Waals surface area contributed by atoms with Crippen LogP contribution in [0.25, 0.3) is 0 Å². The highest BCUT2D eigenvalue weighted by molar-refractivity contribution is 5.79. The predicted octanol–water partition coefficient (Wildman–Crippen LogP) is 1.66. The molecule has 0 unspecified atom stereocenters. The first-order chi connectivity index (χ1) is 4.83. The summed E-state index contributed by atoms with van der Waals surface area (Å²) >= 11 is 0. The van der Waals surface area contributed by atoms with Gasteiger partial charge in [-0.15, -0.1) is 0 Å². The zero-order valence-corrected chi connectivity index (χ0v) is 5.97. The Morgan fingerprint density at radius 3 is 2.60 bits per heavy atom. The molecule has 0 aliphatic heterocycles. The van der Waals surface area contributed by atoms with Crippen LogP contribution in [-0.2, 0) is 4.79 Å². The normalized spacial score (nSPS) is 20.5. The van der Waals surface area contributed by atoms with E-state index in [1.165, 1.54) is 0 Å². The summed E-state index contributed by atoms with van der Waals surface area (Å²) in [7, 11) is 0. The third kappa shape index (κ3) is 1.84. The third-order valence-corrected chi connectivity index (χ3v) is 2.04. The Morgan fingerprint density at radius 2 is 2.10 bits per heavy atom. The van der Waals surface area contributed by atoms with Crippen molar-refractivity contribution in [2.45, 2.75) is 32.1 Å². The van der Waals surface area contributed by atoms with Crippen molar-refractivity contribution >= 4 is 5.78 Å². The Labute approximate surface area is 60.8 Å². The first-order valence-corrected chi connectivity index (χ1v) is 3.71. The summed E-state index contributed by atoms with van der Waals surface area (Å²) in [6.45, 7) is 0. The summed E-state index contributed by atoms with van der Waals surface area (Å²) in [5.41, 5.74) is 0. The van der Waals surface area contributed by atoms with Gasteiger partial charge in [-0.25, -0.2) is 0 Å². The molecule has 0 bridgehead atoms. The van der Waals surface area contributed by atoms with Crippen molar-refractivity contribution in [2.24, 2.45) is 5.92 Å². The Kier molecular flexibility index (Phi) is 2.44. The van der Waals surface area contributed by atoms with Gasteiger partial charge in [0.15, 0.2) is 0 Å². The number of rotatable bonds is 1. The van der Waals surface area contributed by atoms with Gasteiger partial charge in [0.2, 0.25) is 0 Å². The van der Waals surface area contributed by atoms with Crippen LogP contribution in [0.5, 0.6) is 0 Å². The van der Waals surface area contributed by atoms with Crippen molar-refractivity contribution in [2.75, 3.05) is 0 Å². The van der Waals surface area contributed by atoms with E-state index >= 15 is 0 Å². The maximum atomic E-state index is 10.7. The molecule has 1 aliphatic rings. The molecule has 0 aromatic heterocycles. The first kappa shape index (κ1) is 7.27. The van der Waals surface area contributed by atoms with Crippen LogP contribution in [0.2, 0.25) is 0 Å². The van der Waals surface area contributed by atoms with Crippen molar-refractivity contribution in [3.8, 4) is 6.07 Å². The summed E-state index contributed by atoms with van der Waals surface area (Å²) in [4.78, 5) is 10.7. The van der Waals surface area contributed by atoms with Gasteiger partial charge in [0, 0.05) is 19.3 Å². The average Bonchev–Trinajstić information content (AvgIpc) is 1.95. The van der Waals surface area contributed by atoms with Crippen molar-refractivity contribution in [1.82, 2.24) is 0 Å². The number of nitriles is 1. The lowest BCUT2D eigenvalue weighted by molar-refractivity contribution is -0.120. The minimum absolute atomic E-state index is 0.370. The molecule has 0 aromatic carbocycles. The van der Waals surface area contributed by atoms with Gasteiger partial charge < -0.3 is 0 Å². The molecule has 0 heterocycles. The number of carbonyl (C=O) groups excluding carboxylic acids is 1. The lowest BCUT2D eigenvalue weighted by atomic mass is 9.87. The molecule has 1 saturated carbocycles. The molecule has 0 radical (unpaired) electrons. The molecular formula is C8H11NO. The largest absolute Gasteiger partial charge is 0.300 e. The molecule has 10 heavy (non-hydrogen) atoms. The number of hydrogen-bond acceptors (Lipinski definition) is 2. The fourth-order valence-corrected chi connectivity index (χ4v) is 1.33. The number of carbonyl (C=O) groups is 1. The molecule has 0 aromatic rings. The second-order valence-corrected chi connectivity index (χ2v) is 2.84. The van der Waals surface area contributed by atoms with E-state index in [9.17, 15) is 4.79 Å². The Hall–Kier alpha value is -0.840. The van der Waals surface area contributed by atoms with Gasteiger partial charge in [-0.2, -0.15) is 5.26 Å². The van der Waals surface area contributed by atoms with Crippen LogP contribution in [0, 0.1) is 17.2 Å². The van der Waals surface area contributed by atoms with Crippen LogP contribution >= 0.6 is 0 Å². The molecule has 2 heteroatoms. The van der Waals surface area contributed by atoms with Crippen molar-refractivity contribution in [1.29, 1.82) is 5.26 Å². The van der Waals surface area contributed by atoms with E-state index in [2.05, 4.69) is 6.07 Å². The molecule has 0 spiro atoms. The number of hydrogen-bond donors (Lipinski definition) is 0. The fraction of sp³-hybridized carbons (Fsp3) is 0.750. The lowest BCUT2D eigenvalue weighted by Crippen LogP contribution is -2.12. The summed E-state index contributed by atoms with van der Waals surface area (Å²) in [6, 6.07) is 2.14. The van der Waals surface area contributed by atoms with Crippen molar-refractivity contribution in [3.05, 3.63) is 0 Å². The van der Waals surface area contributed by atoms with Crippen molar-refractivity contribution in [3.63, 3.8) is 0 Å². The van der Waals surface area contributed by atoms with Crippen LogP contribution in [-0.4, -0.2) is 5.78 Å². The van der Waals surface area contributed by atoms with E-state index in [1.54, 1.807) is 0 Å². The van der Waals surface area contributed by atoms with Crippen molar-refractivity contribution < 1.29 is 4.79 Å². The average molecular weight is 137 g/mol. The standard InChI is InChI=1S/C8H11NO/c9-6-5-7-1-3-8(10)4-2-7/h7H,1-5H2. The van der Waals surface area contributed by atoms with Crippen LogP contribution in [0.1, 0.15) is 32.1 Å². The molecule has 54 valence electrons. The first-order valence-electron chi connectivity index (χ1n) is 3.71. The van der Waals surface area contributed by atoms with E-state index in [0.717, 1.165) is 12.8 Å². The van der Waals surface area contributed by atoms with Gasteiger partial charge in [0.25, 0.3) is 0 Å². The van der Waals surface area contributed by atoms with E-state index in [1.807, 2.05) is 0 Å². The molecule has 0 amide bonds. The highest BCUT2D eigenvalue weighted by Gasteiger charge is 2.17. The number of nitrogens with zero attached hydrogens (tertiary/aromatic N) is 1. The maximum absolute atomic E-state index is 10.7. The molecule has 0 N–H and O–H groups in total. The lowest BCUT2D eigenvalue weighted by Gasteiger charge is -2.17. The van der Waals surface area contributed by atoms with Gasteiger partial charge in [0.1, 0.15) is 5.78 Å². The third-order valence-electron chi connectivity index (χ3n) is 2.04. The summed E-state index contributed by atoms with van der Waals surface area (Å²) in [5, 5.41) is 8.35. The van der Waals surface area contributed by atoms with Crippen LogP contribution in [0.3, 0.4) is 0 Å². The highest BCUT2D eigenvalue weighted by Crippen LogP contribution is 2.23. The van der Waals surface area contributed by atoms with Gasteiger partial charge in [0.05, 0.1) is 6.07 Å². The summed E-state index contributed by atoms with van der Waals surface area (Å²) in [5.74, 6) is 0.872. The van der Waals surface area contributed by atoms with E-state index < -0.39 is 0 Å². The number of ketones is 1. The second-order valence-electron chi connectivity index (χ2n) is 2.84. The second kappa shape index (κ2) is 3.36. The van der Waals surface area contributed by atoms with Gasteiger partial charge in [-0.1, -0.05) is 0 Å². The maximum Gasteiger partial charge on any atom is 0.132 e. The monoisotopic (exact) mass is 137 g/mol. The Morgan fingerprint density at radius 1 is 1.50 bits per heavy atom. The molecular weight excluding hydrogens is 126 g/mol. The molecule has 0 atom stereocenters. The predicted molar refractivity (Wildman–Crippen MR) is 37.2 cm³/mol. The molecule has 1 rings (SSSR count). The molecule has 1 fully saturated rings. The molecule has 2 nitrogen and oxygen atoms in total.